The first kappa shape index (κ1) is 14.4. The summed E-state index contributed by atoms with van der Waals surface area (Å²) < 4.78 is 0. The Morgan fingerprint density at radius 1 is 0.950 bits per heavy atom. The maximum atomic E-state index is 5.02. The number of dihydropyridines is 1. The molecule has 112 valence electrons. The van der Waals surface area contributed by atoms with Gasteiger partial charge in [-0.05, 0) is 53.9 Å². The molecule has 1 heteroatoms. The van der Waals surface area contributed by atoms with E-state index in [-0.39, 0.29) is 0 Å². The van der Waals surface area contributed by atoms with Gasteiger partial charge in [0.25, 0.3) is 0 Å². The molecule has 2 fully saturated rings. The Morgan fingerprint density at radius 3 is 2.20 bits per heavy atom. The lowest BCUT2D eigenvalue weighted by molar-refractivity contribution is 0.280. The smallest absolute Gasteiger partial charge is 0.0604 e. The van der Waals surface area contributed by atoms with E-state index in [0.29, 0.717) is 11.8 Å². The van der Waals surface area contributed by atoms with Crippen molar-refractivity contribution in [3.05, 3.63) is 11.1 Å². The molecule has 3 rings (SSSR count). The van der Waals surface area contributed by atoms with E-state index in [0.717, 1.165) is 36.1 Å². The minimum atomic E-state index is 0.626. The van der Waals surface area contributed by atoms with Crippen molar-refractivity contribution in [2.45, 2.75) is 54.4 Å². The van der Waals surface area contributed by atoms with Gasteiger partial charge in [0, 0.05) is 11.6 Å². The minimum absolute atomic E-state index is 0.626. The van der Waals surface area contributed by atoms with Gasteiger partial charge in [0.05, 0.1) is 6.54 Å². The van der Waals surface area contributed by atoms with Gasteiger partial charge in [-0.25, -0.2) is 0 Å². The SMILES string of the molecule is CC(C)C1=NCC(C(C)C)=C2C3CC(CC3C(C)C)C12. The Kier molecular flexibility index (Phi) is 3.59. The Morgan fingerprint density at radius 2 is 1.65 bits per heavy atom. The Balaban J connectivity index is 2.01. The molecule has 1 heterocycles. The highest BCUT2D eigenvalue weighted by Crippen LogP contribution is 2.60. The second kappa shape index (κ2) is 5.00. The van der Waals surface area contributed by atoms with Gasteiger partial charge in [0.2, 0.25) is 0 Å². The molecule has 0 radical (unpaired) electrons. The minimum Gasteiger partial charge on any atom is -0.289 e. The van der Waals surface area contributed by atoms with Gasteiger partial charge in [-0.2, -0.15) is 0 Å². The summed E-state index contributed by atoms with van der Waals surface area (Å²) in [6.07, 6.45) is 2.90. The summed E-state index contributed by atoms with van der Waals surface area (Å²) in [5, 5.41) is 0. The molecule has 1 nitrogen and oxygen atoms in total. The van der Waals surface area contributed by atoms with Crippen LogP contribution in [-0.2, 0) is 0 Å². The third kappa shape index (κ3) is 2.00. The fourth-order valence-electron chi connectivity index (χ4n) is 5.22. The largest absolute Gasteiger partial charge is 0.289 e. The van der Waals surface area contributed by atoms with E-state index in [9.17, 15) is 0 Å². The third-order valence-corrected chi connectivity index (χ3v) is 6.12. The predicted molar refractivity (Wildman–Crippen MR) is 87.0 cm³/mol. The number of nitrogens with zero attached hydrogens (tertiary/aromatic N) is 1. The van der Waals surface area contributed by atoms with Gasteiger partial charge in [0.1, 0.15) is 0 Å². The number of aliphatic imine (C=N–C) groups is 1. The second-order valence-corrected chi connectivity index (χ2v) is 8.25. The third-order valence-electron chi connectivity index (χ3n) is 6.12. The maximum Gasteiger partial charge on any atom is 0.0604 e. The average Bonchev–Trinajstić information content (AvgIpc) is 2.95. The van der Waals surface area contributed by atoms with Gasteiger partial charge in [0.15, 0.2) is 0 Å². The van der Waals surface area contributed by atoms with Crippen LogP contribution in [0.3, 0.4) is 0 Å². The van der Waals surface area contributed by atoms with Crippen LogP contribution in [0.5, 0.6) is 0 Å². The van der Waals surface area contributed by atoms with Crippen LogP contribution in [-0.4, -0.2) is 12.3 Å². The summed E-state index contributed by atoms with van der Waals surface area (Å²) in [6, 6.07) is 0. The fourth-order valence-corrected chi connectivity index (χ4v) is 5.22. The lowest BCUT2D eigenvalue weighted by Gasteiger charge is -2.39. The highest BCUT2D eigenvalue weighted by molar-refractivity contribution is 5.93. The lowest BCUT2D eigenvalue weighted by Crippen LogP contribution is -2.36. The Labute approximate surface area is 124 Å². The quantitative estimate of drug-likeness (QED) is 0.643. The van der Waals surface area contributed by atoms with Gasteiger partial charge >= 0.3 is 0 Å². The van der Waals surface area contributed by atoms with Crippen molar-refractivity contribution in [3.63, 3.8) is 0 Å². The van der Waals surface area contributed by atoms with Crippen LogP contribution >= 0.6 is 0 Å². The summed E-state index contributed by atoms with van der Waals surface area (Å²) in [7, 11) is 0. The van der Waals surface area contributed by atoms with E-state index in [2.05, 4.69) is 41.5 Å². The molecule has 2 aliphatic carbocycles. The summed E-state index contributed by atoms with van der Waals surface area (Å²) in [5.74, 6) is 5.59. The highest BCUT2D eigenvalue weighted by Gasteiger charge is 2.53. The summed E-state index contributed by atoms with van der Waals surface area (Å²) in [4.78, 5) is 5.02. The summed E-state index contributed by atoms with van der Waals surface area (Å²) in [5.41, 5.74) is 5.07. The molecular weight excluding hydrogens is 242 g/mol. The molecule has 1 aliphatic heterocycles. The monoisotopic (exact) mass is 273 g/mol. The molecule has 0 saturated heterocycles. The van der Waals surface area contributed by atoms with E-state index in [1.165, 1.54) is 18.6 Å². The Hall–Kier alpha value is -0.590. The van der Waals surface area contributed by atoms with E-state index < -0.39 is 0 Å². The maximum absolute atomic E-state index is 5.02. The lowest BCUT2D eigenvalue weighted by atomic mass is 9.67. The molecule has 20 heavy (non-hydrogen) atoms. The zero-order chi connectivity index (χ0) is 14.6. The molecule has 0 spiro atoms. The van der Waals surface area contributed by atoms with Crippen LogP contribution in [0.4, 0.5) is 0 Å². The van der Waals surface area contributed by atoms with Gasteiger partial charge in [-0.3, -0.25) is 4.99 Å². The molecule has 2 saturated carbocycles. The topological polar surface area (TPSA) is 12.4 Å². The van der Waals surface area contributed by atoms with Crippen LogP contribution in [0.25, 0.3) is 0 Å². The zero-order valence-electron chi connectivity index (χ0n) is 14.1. The molecule has 4 atom stereocenters. The van der Waals surface area contributed by atoms with E-state index in [1.54, 1.807) is 5.57 Å². The molecule has 3 aliphatic rings. The van der Waals surface area contributed by atoms with Gasteiger partial charge < -0.3 is 0 Å². The molecule has 0 aromatic rings. The molecule has 0 aromatic heterocycles. The van der Waals surface area contributed by atoms with E-state index in [4.69, 9.17) is 4.99 Å². The molecular formula is C19H31N. The van der Waals surface area contributed by atoms with E-state index in [1.807, 2.05) is 5.57 Å². The van der Waals surface area contributed by atoms with Crippen molar-refractivity contribution in [3.8, 4) is 0 Å². The number of fused-ring (bicyclic) bond motifs is 5. The van der Waals surface area contributed by atoms with Crippen LogP contribution in [0.15, 0.2) is 16.1 Å². The van der Waals surface area contributed by atoms with Crippen molar-refractivity contribution in [2.75, 3.05) is 6.54 Å². The van der Waals surface area contributed by atoms with Gasteiger partial charge in [-0.1, -0.05) is 47.1 Å². The first-order chi connectivity index (χ1) is 9.41. The number of hydrogen-bond donors (Lipinski definition) is 0. The first-order valence-corrected chi connectivity index (χ1v) is 8.68. The standard InChI is InChI=1S/C19H31N/c1-10(2)14-7-13-8-15(14)18-16(11(3)4)9-20-19(12(5)6)17(13)18/h10-15,17H,7-9H2,1-6H3. The molecule has 4 unspecified atom stereocenters. The van der Waals surface area contributed by atoms with Crippen molar-refractivity contribution in [1.29, 1.82) is 0 Å². The number of hydrogen-bond acceptors (Lipinski definition) is 1. The summed E-state index contributed by atoms with van der Waals surface area (Å²) >= 11 is 0. The molecule has 0 amide bonds. The van der Waals surface area contributed by atoms with Crippen LogP contribution in [0, 0.1) is 41.4 Å². The predicted octanol–water partition coefficient (Wildman–Crippen LogP) is 4.98. The van der Waals surface area contributed by atoms with Crippen LogP contribution in [0.1, 0.15) is 54.4 Å². The number of allylic oxidation sites excluding steroid dienone is 1. The number of rotatable bonds is 3. The first-order valence-electron chi connectivity index (χ1n) is 8.68. The van der Waals surface area contributed by atoms with Crippen molar-refractivity contribution in [2.24, 2.45) is 46.4 Å². The van der Waals surface area contributed by atoms with Crippen LogP contribution < -0.4 is 0 Å². The van der Waals surface area contributed by atoms with E-state index >= 15 is 0 Å². The van der Waals surface area contributed by atoms with Crippen LogP contribution in [0.2, 0.25) is 0 Å². The fraction of sp³-hybridized carbons (Fsp3) is 0.842. The normalized spacial score (nSPS) is 36.4. The van der Waals surface area contributed by atoms with Gasteiger partial charge in [-0.15, -0.1) is 0 Å². The molecule has 2 bridgehead atoms. The van der Waals surface area contributed by atoms with Crippen molar-refractivity contribution in [1.82, 2.24) is 0 Å². The molecule has 0 N–H and O–H groups in total. The second-order valence-electron chi connectivity index (χ2n) is 8.25. The van der Waals surface area contributed by atoms with Crippen molar-refractivity contribution >= 4 is 5.71 Å². The summed E-state index contributed by atoms with van der Waals surface area (Å²) in [6.45, 7) is 15.3. The van der Waals surface area contributed by atoms with Crippen molar-refractivity contribution < 1.29 is 0 Å². The average molecular weight is 273 g/mol. The highest BCUT2D eigenvalue weighted by atomic mass is 14.8. The molecule has 0 aromatic carbocycles. The Bertz CT molecular complexity index is 452. The zero-order valence-corrected chi connectivity index (χ0v) is 14.1.